The minimum absolute atomic E-state index is 0.00211. The molecular weight excluding hydrogens is 466 g/mol. The Labute approximate surface area is 193 Å². The summed E-state index contributed by atoms with van der Waals surface area (Å²) in [7, 11) is -4.15. The number of nitrogens with one attached hydrogen (secondary N) is 1. The van der Waals surface area contributed by atoms with Crippen LogP contribution in [0.5, 0.6) is 11.5 Å². The van der Waals surface area contributed by atoms with E-state index in [9.17, 15) is 17.2 Å². The topological polar surface area (TPSA) is 90.7 Å². The number of anilines is 1. The van der Waals surface area contributed by atoms with Gasteiger partial charge in [0.25, 0.3) is 0 Å². The number of benzene rings is 3. The summed E-state index contributed by atoms with van der Waals surface area (Å²) in [5, 5.41) is 2.59. The van der Waals surface area contributed by atoms with Gasteiger partial charge in [-0.1, -0.05) is 12.1 Å². The zero-order valence-electron chi connectivity index (χ0n) is 17.6. The van der Waals surface area contributed by atoms with Crippen molar-refractivity contribution in [2.45, 2.75) is 16.5 Å². The second-order valence-corrected chi connectivity index (χ2v) is 9.31. The molecule has 0 bridgehead atoms. The van der Waals surface area contributed by atoms with E-state index >= 15 is 0 Å². The van der Waals surface area contributed by atoms with Gasteiger partial charge in [0.2, 0.25) is 26.6 Å². The van der Waals surface area contributed by atoms with Crippen molar-refractivity contribution in [3.63, 3.8) is 0 Å². The van der Waals surface area contributed by atoms with Crippen LogP contribution in [0.2, 0.25) is 0 Å². The van der Waals surface area contributed by atoms with Crippen LogP contribution in [0.15, 0.2) is 81.1 Å². The lowest BCUT2D eigenvalue weighted by atomic mass is 10.2. The average molecular weight is 484 g/mol. The number of sulfone groups is 1. The van der Waals surface area contributed by atoms with Crippen molar-refractivity contribution in [3.05, 3.63) is 83.9 Å². The molecule has 3 aromatic carbocycles. The van der Waals surface area contributed by atoms with Gasteiger partial charge in [0, 0.05) is 18.2 Å². The Morgan fingerprint density at radius 1 is 0.853 bits per heavy atom. The summed E-state index contributed by atoms with van der Waals surface area (Å²) < 4.78 is 70.4. The molecule has 0 atom stereocenters. The largest absolute Gasteiger partial charge is 0.486 e. The fraction of sp³-hybridized carbons (Fsp3) is 0.125. The molecule has 1 aliphatic heterocycles. The molecule has 0 spiro atoms. The summed E-state index contributed by atoms with van der Waals surface area (Å²) in [6, 6.07) is 15.3. The summed E-state index contributed by atoms with van der Waals surface area (Å²) in [5.74, 6) is -0.170. The maximum absolute atomic E-state index is 13.5. The molecule has 0 radical (unpaired) electrons. The number of halogens is 2. The zero-order chi connectivity index (χ0) is 23.7. The molecular formula is C24H18F2N2O5S. The van der Waals surface area contributed by atoms with Crippen molar-refractivity contribution in [1.29, 1.82) is 0 Å². The molecule has 0 saturated heterocycles. The van der Waals surface area contributed by atoms with Crippen molar-refractivity contribution in [3.8, 4) is 23.0 Å². The molecule has 0 fully saturated rings. The van der Waals surface area contributed by atoms with Crippen LogP contribution in [0, 0.1) is 11.6 Å². The van der Waals surface area contributed by atoms with Gasteiger partial charge in [-0.05, 0) is 54.1 Å². The van der Waals surface area contributed by atoms with E-state index in [4.69, 9.17) is 13.9 Å². The molecule has 0 aliphatic carbocycles. The number of rotatable bonds is 6. The van der Waals surface area contributed by atoms with Crippen LogP contribution < -0.4 is 14.8 Å². The van der Waals surface area contributed by atoms with Crippen LogP contribution in [0.4, 0.5) is 14.7 Å². The van der Waals surface area contributed by atoms with Crippen LogP contribution >= 0.6 is 0 Å². The molecule has 1 aliphatic rings. The molecule has 7 nitrogen and oxygen atoms in total. The first-order chi connectivity index (χ1) is 16.4. The normalized spacial score (nSPS) is 13.0. The van der Waals surface area contributed by atoms with E-state index in [2.05, 4.69) is 10.3 Å². The highest BCUT2D eigenvalue weighted by molar-refractivity contribution is 7.91. The van der Waals surface area contributed by atoms with Crippen LogP contribution in [-0.4, -0.2) is 26.6 Å². The van der Waals surface area contributed by atoms with Crippen LogP contribution in [0.25, 0.3) is 11.5 Å². The minimum Gasteiger partial charge on any atom is -0.486 e. The van der Waals surface area contributed by atoms with Crippen LogP contribution in [0.1, 0.15) is 5.56 Å². The van der Waals surface area contributed by atoms with Crippen LogP contribution in [-0.2, 0) is 16.4 Å². The highest BCUT2D eigenvalue weighted by atomic mass is 32.2. The third kappa shape index (κ3) is 4.32. The molecule has 4 aromatic rings. The number of oxazole rings is 1. The predicted octanol–water partition coefficient (Wildman–Crippen LogP) is 4.84. The van der Waals surface area contributed by atoms with Gasteiger partial charge in [0.1, 0.15) is 24.8 Å². The summed E-state index contributed by atoms with van der Waals surface area (Å²) in [6.45, 7) is 0.836. The minimum atomic E-state index is -4.15. The summed E-state index contributed by atoms with van der Waals surface area (Å²) in [5.41, 5.74) is 1.10. The Bertz CT molecular complexity index is 1440. The molecule has 0 amide bonds. The molecule has 34 heavy (non-hydrogen) atoms. The highest BCUT2D eigenvalue weighted by Gasteiger charge is 2.30. The van der Waals surface area contributed by atoms with E-state index in [0.29, 0.717) is 35.8 Å². The van der Waals surface area contributed by atoms with Gasteiger partial charge < -0.3 is 19.2 Å². The van der Waals surface area contributed by atoms with Crippen molar-refractivity contribution in [2.24, 2.45) is 0 Å². The molecule has 10 heteroatoms. The molecule has 2 heterocycles. The number of nitrogens with zero attached hydrogens (tertiary/aromatic N) is 1. The van der Waals surface area contributed by atoms with Crippen LogP contribution in [0.3, 0.4) is 0 Å². The molecule has 1 N–H and O–H groups in total. The summed E-state index contributed by atoms with van der Waals surface area (Å²) >= 11 is 0. The second kappa shape index (κ2) is 8.79. The molecule has 5 rings (SSSR count). The number of ether oxygens (including phenoxy) is 2. The highest BCUT2D eigenvalue weighted by Crippen LogP contribution is 2.37. The van der Waals surface area contributed by atoms with Crippen molar-refractivity contribution in [2.75, 3.05) is 18.5 Å². The lowest BCUT2D eigenvalue weighted by molar-refractivity contribution is 0.171. The number of aromatic nitrogens is 1. The summed E-state index contributed by atoms with van der Waals surface area (Å²) in [4.78, 5) is 4.17. The van der Waals surface area contributed by atoms with E-state index in [0.717, 1.165) is 0 Å². The first-order valence-electron chi connectivity index (χ1n) is 10.3. The maximum Gasteiger partial charge on any atom is 0.234 e. The van der Waals surface area contributed by atoms with Gasteiger partial charge in [-0.3, -0.25) is 0 Å². The van der Waals surface area contributed by atoms with E-state index in [1.807, 2.05) is 0 Å². The first-order valence-corrected chi connectivity index (χ1v) is 11.8. The Kier molecular flexibility index (Phi) is 5.66. The van der Waals surface area contributed by atoms with Gasteiger partial charge >= 0.3 is 0 Å². The molecule has 174 valence electrons. The van der Waals surface area contributed by atoms with Crippen molar-refractivity contribution >= 4 is 15.7 Å². The van der Waals surface area contributed by atoms with Crippen molar-refractivity contribution < 1.29 is 31.1 Å². The van der Waals surface area contributed by atoms with E-state index < -0.39 is 15.7 Å². The summed E-state index contributed by atoms with van der Waals surface area (Å²) in [6.07, 6.45) is 0. The molecule has 1 aromatic heterocycles. The first kappa shape index (κ1) is 21.9. The fourth-order valence-electron chi connectivity index (χ4n) is 3.40. The SMILES string of the molecule is O=S(=O)(c1ccc2c(c1)OCCO2)c1nc(-c2ccc(F)cc2)oc1NCc1ccc(F)cc1. The number of hydrogen-bond acceptors (Lipinski definition) is 7. The third-order valence-corrected chi connectivity index (χ3v) is 6.79. The average Bonchev–Trinajstić information content (AvgIpc) is 3.29. The van der Waals surface area contributed by atoms with Crippen molar-refractivity contribution in [1.82, 2.24) is 4.98 Å². The lowest BCUT2D eigenvalue weighted by Crippen LogP contribution is -2.16. The van der Waals surface area contributed by atoms with E-state index in [1.54, 1.807) is 12.1 Å². The van der Waals surface area contributed by atoms with Gasteiger partial charge in [0.15, 0.2) is 11.5 Å². The van der Waals surface area contributed by atoms with Gasteiger partial charge in [-0.2, -0.15) is 4.98 Å². The van der Waals surface area contributed by atoms with Gasteiger partial charge in [-0.25, -0.2) is 17.2 Å². The standard InChI is InChI=1S/C24H18F2N2O5S/c25-17-5-1-15(2-6-17)14-27-23-24(28-22(33-23)16-3-7-18(26)8-4-16)34(29,30)19-9-10-20-21(13-19)32-12-11-31-20/h1-10,13,27H,11-12,14H2. The van der Waals surface area contributed by atoms with Gasteiger partial charge in [0.05, 0.1) is 4.90 Å². The number of hydrogen-bond donors (Lipinski definition) is 1. The fourth-order valence-corrected chi connectivity index (χ4v) is 4.70. The zero-order valence-corrected chi connectivity index (χ0v) is 18.4. The Morgan fingerprint density at radius 3 is 2.21 bits per heavy atom. The van der Waals surface area contributed by atoms with E-state index in [-0.39, 0.29) is 34.1 Å². The Hall–Kier alpha value is -3.92. The van der Waals surface area contributed by atoms with E-state index in [1.165, 1.54) is 54.6 Å². The quantitative estimate of drug-likeness (QED) is 0.419. The molecule has 0 unspecified atom stereocenters. The monoisotopic (exact) mass is 484 g/mol. The third-order valence-electron chi connectivity index (χ3n) is 5.13. The smallest absolute Gasteiger partial charge is 0.234 e. The van der Waals surface area contributed by atoms with Gasteiger partial charge in [-0.15, -0.1) is 0 Å². The maximum atomic E-state index is 13.5. The number of fused-ring (bicyclic) bond motifs is 1. The lowest BCUT2D eigenvalue weighted by Gasteiger charge is -2.18. The Morgan fingerprint density at radius 2 is 1.50 bits per heavy atom. The Balaban J connectivity index is 1.54. The predicted molar refractivity (Wildman–Crippen MR) is 119 cm³/mol. The molecule has 0 saturated carbocycles. The second-order valence-electron chi connectivity index (χ2n) is 7.45.